The van der Waals surface area contributed by atoms with Crippen LogP contribution in [0.15, 0.2) is 18.2 Å². The molecule has 0 spiro atoms. The third-order valence-electron chi connectivity index (χ3n) is 2.26. The van der Waals surface area contributed by atoms with Gasteiger partial charge in [0.05, 0.1) is 7.11 Å². The van der Waals surface area contributed by atoms with E-state index in [0.29, 0.717) is 11.3 Å². The Kier molecular flexibility index (Phi) is 4.13. The van der Waals surface area contributed by atoms with Gasteiger partial charge in [0, 0.05) is 19.6 Å². The molecule has 16 heavy (non-hydrogen) atoms. The zero-order chi connectivity index (χ0) is 12.1. The van der Waals surface area contributed by atoms with E-state index in [1.807, 2.05) is 0 Å². The molecule has 5 heteroatoms. The van der Waals surface area contributed by atoms with Gasteiger partial charge in [-0.05, 0) is 11.6 Å². The van der Waals surface area contributed by atoms with Gasteiger partial charge in [-0.1, -0.05) is 6.07 Å². The Balaban J connectivity index is 2.84. The van der Waals surface area contributed by atoms with Crippen molar-refractivity contribution in [2.45, 2.75) is 12.5 Å². The van der Waals surface area contributed by atoms with Gasteiger partial charge in [-0.3, -0.25) is 0 Å². The Hall–Kier alpha value is -1.75. The molecule has 1 atom stereocenters. The Labute approximate surface area is 93.2 Å². The minimum absolute atomic E-state index is 0.00245. The number of methoxy groups -OCH3 is 2. The van der Waals surface area contributed by atoms with E-state index in [9.17, 15) is 9.90 Å². The van der Waals surface area contributed by atoms with Gasteiger partial charge in [0.25, 0.3) is 0 Å². The Bertz CT molecular complexity index is 375. The molecule has 0 aromatic heterocycles. The van der Waals surface area contributed by atoms with Crippen LogP contribution in [0.3, 0.4) is 0 Å². The minimum Gasteiger partial charge on any atom is -0.508 e. The standard InChI is InChI=1S/C11H14O5/c1-15-8-4-3-7(9(12)6-8)5-10(16-2)11(13)14/h3-4,6,10,12H,5H2,1-2H3,(H,13,14). The highest BCUT2D eigenvalue weighted by atomic mass is 16.5. The predicted octanol–water partition coefficient (Wildman–Crippen LogP) is 1.04. The zero-order valence-corrected chi connectivity index (χ0v) is 9.14. The van der Waals surface area contributed by atoms with Gasteiger partial charge in [0.15, 0.2) is 6.10 Å². The maximum absolute atomic E-state index is 10.7. The smallest absolute Gasteiger partial charge is 0.333 e. The van der Waals surface area contributed by atoms with Crippen LogP contribution in [0.4, 0.5) is 0 Å². The monoisotopic (exact) mass is 226 g/mol. The van der Waals surface area contributed by atoms with Gasteiger partial charge in [0.2, 0.25) is 0 Å². The summed E-state index contributed by atoms with van der Waals surface area (Å²) in [7, 11) is 2.81. The lowest BCUT2D eigenvalue weighted by Gasteiger charge is -2.12. The fourth-order valence-electron chi connectivity index (χ4n) is 1.31. The van der Waals surface area contributed by atoms with Crippen molar-refractivity contribution in [2.24, 2.45) is 0 Å². The summed E-state index contributed by atoms with van der Waals surface area (Å²) < 4.78 is 9.71. The quantitative estimate of drug-likeness (QED) is 0.784. The normalized spacial score (nSPS) is 12.1. The van der Waals surface area contributed by atoms with Crippen molar-refractivity contribution < 1.29 is 24.5 Å². The predicted molar refractivity (Wildman–Crippen MR) is 56.8 cm³/mol. The molecule has 1 aromatic rings. The van der Waals surface area contributed by atoms with E-state index in [1.165, 1.54) is 20.3 Å². The van der Waals surface area contributed by atoms with Gasteiger partial charge < -0.3 is 19.7 Å². The van der Waals surface area contributed by atoms with Gasteiger partial charge in [-0.2, -0.15) is 0 Å². The van der Waals surface area contributed by atoms with E-state index in [0.717, 1.165) is 0 Å². The molecule has 1 unspecified atom stereocenters. The van der Waals surface area contributed by atoms with E-state index < -0.39 is 12.1 Å². The molecule has 0 fully saturated rings. The fraction of sp³-hybridized carbons (Fsp3) is 0.364. The van der Waals surface area contributed by atoms with Gasteiger partial charge in [-0.15, -0.1) is 0 Å². The van der Waals surface area contributed by atoms with Crippen molar-refractivity contribution >= 4 is 5.97 Å². The maximum atomic E-state index is 10.7. The first kappa shape index (κ1) is 12.3. The van der Waals surface area contributed by atoms with E-state index in [-0.39, 0.29) is 12.2 Å². The molecule has 0 aliphatic heterocycles. The van der Waals surface area contributed by atoms with Crippen molar-refractivity contribution in [1.82, 2.24) is 0 Å². The average molecular weight is 226 g/mol. The summed E-state index contributed by atoms with van der Waals surface area (Å²) in [5.41, 5.74) is 0.509. The van der Waals surface area contributed by atoms with Crippen LogP contribution in [-0.2, 0) is 16.0 Å². The number of carboxylic acid groups (broad SMARTS) is 1. The van der Waals surface area contributed by atoms with Gasteiger partial charge in [0.1, 0.15) is 11.5 Å². The molecule has 0 saturated heterocycles. The third-order valence-corrected chi connectivity index (χ3v) is 2.26. The molecule has 2 N–H and O–H groups in total. The number of hydrogen-bond donors (Lipinski definition) is 2. The number of aromatic hydroxyl groups is 1. The van der Waals surface area contributed by atoms with Crippen LogP contribution < -0.4 is 4.74 Å². The van der Waals surface area contributed by atoms with Crippen molar-refractivity contribution in [3.63, 3.8) is 0 Å². The molecule has 0 aliphatic carbocycles. The molecule has 0 aliphatic rings. The van der Waals surface area contributed by atoms with Crippen LogP contribution in [-0.4, -0.2) is 36.5 Å². The lowest BCUT2D eigenvalue weighted by molar-refractivity contribution is -0.148. The largest absolute Gasteiger partial charge is 0.508 e. The minimum atomic E-state index is -1.06. The van der Waals surface area contributed by atoms with Crippen LogP contribution >= 0.6 is 0 Å². The maximum Gasteiger partial charge on any atom is 0.333 e. The average Bonchev–Trinajstić information content (AvgIpc) is 2.26. The molecule has 0 heterocycles. The Morgan fingerprint density at radius 1 is 1.44 bits per heavy atom. The third kappa shape index (κ3) is 2.87. The second-order valence-corrected chi connectivity index (χ2v) is 3.26. The molecule has 0 bridgehead atoms. The lowest BCUT2D eigenvalue weighted by Crippen LogP contribution is -2.24. The molecule has 0 saturated carbocycles. The first-order valence-electron chi connectivity index (χ1n) is 4.70. The summed E-state index contributed by atoms with van der Waals surface area (Å²) in [5.74, 6) is -0.536. The van der Waals surface area contributed by atoms with Crippen molar-refractivity contribution in [1.29, 1.82) is 0 Å². The molecule has 5 nitrogen and oxygen atoms in total. The number of ether oxygens (including phenoxy) is 2. The number of carbonyl (C=O) groups is 1. The number of benzene rings is 1. The lowest BCUT2D eigenvalue weighted by atomic mass is 10.1. The molecule has 1 rings (SSSR count). The van der Waals surface area contributed by atoms with Crippen LogP contribution in [0.25, 0.3) is 0 Å². The number of phenolic OH excluding ortho intramolecular Hbond substituents is 1. The number of aliphatic carboxylic acids is 1. The summed E-state index contributed by atoms with van der Waals surface area (Å²) in [6, 6.07) is 4.71. The highest BCUT2D eigenvalue weighted by Crippen LogP contribution is 2.24. The van der Waals surface area contributed by atoms with Crippen molar-refractivity contribution in [3.8, 4) is 11.5 Å². The Morgan fingerprint density at radius 2 is 2.12 bits per heavy atom. The van der Waals surface area contributed by atoms with Crippen LogP contribution in [0.2, 0.25) is 0 Å². The topological polar surface area (TPSA) is 76.0 Å². The summed E-state index contributed by atoms with van der Waals surface area (Å²) in [6.07, 6.45) is -0.846. The number of phenols is 1. The number of rotatable bonds is 5. The van der Waals surface area contributed by atoms with Crippen LogP contribution in [0.1, 0.15) is 5.56 Å². The van der Waals surface area contributed by atoms with Gasteiger partial charge in [-0.25, -0.2) is 4.79 Å². The zero-order valence-electron chi connectivity index (χ0n) is 9.14. The highest BCUT2D eigenvalue weighted by molar-refractivity contribution is 5.73. The first-order chi connectivity index (χ1) is 7.58. The van der Waals surface area contributed by atoms with E-state index in [2.05, 4.69) is 0 Å². The van der Waals surface area contributed by atoms with Gasteiger partial charge >= 0.3 is 5.97 Å². The molecule has 1 aromatic carbocycles. The Morgan fingerprint density at radius 3 is 2.56 bits per heavy atom. The second kappa shape index (κ2) is 5.37. The first-order valence-corrected chi connectivity index (χ1v) is 4.70. The summed E-state index contributed by atoms with van der Waals surface area (Å²) >= 11 is 0. The van der Waals surface area contributed by atoms with E-state index in [1.54, 1.807) is 12.1 Å². The molecule has 0 radical (unpaired) electrons. The summed E-state index contributed by atoms with van der Waals surface area (Å²) in [5, 5.41) is 18.4. The van der Waals surface area contributed by atoms with E-state index in [4.69, 9.17) is 14.6 Å². The fourth-order valence-corrected chi connectivity index (χ4v) is 1.31. The van der Waals surface area contributed by atoms with E-state index >= 15 is 0 Å². The number of carboxylic acids is 1. The molecular formula is C11H14O5. The van der Waals surface area contributed by atoms with Crippen LogP contribution in [0.5, 0.6) is 11.5 Å². The van der Waals surface area contributed by atoms with Crippen LogP contribution in [0, 0.1) is 0 Å². The molecule has 88 valence electrons. The SMILES string of the molecule is COc1ccc(CC(OC)C(=O)O)c(O)c1. The molecular weight excluding hydrogens is 212 g/mol. The summed E-state index contributed by atoms with van der Waals surface area (Å²) in [4.78, 5) is 10.7. The second-order valence-electron chi connectivity index (χ2n) is 3.26. The summed E-state index contributed by atoms with van der Waals surface area (Å²) in [6.45, 7) is 0. The van der Waals surface area contributed by atoms with Crippen molar-refractivity contribution in [2.75, 3.05) is 14.2 Å². The highest BCUT2D eigenvalue weighted by Gasteiger charge is 2.18. The number of hydrogen-bond acceptors (Lipinski definition) is 4. The van der Waals surface area contributed by atoms with Crippen molar-refractivity contribution in [3.05, 3.63) is 23.8 Å². The molecule has 0 amide bonds.